The van der Waals surface area contributed by atoms with Crippen LogP contribution in [0.2, 0.25) is 5.02 Å². The second kappa shape index (κ2) is 6.53. The Labute approximate surface area is 114 Å². The van der Waals surface area contributed by atoms with Crippen molar-refractivity contribution in [1.29, 1.82) is 0 Å². The molecule has 1 fully saturated rings. The summed E-state index contributed by atoms with van der Waals surface area (Å²) in [6.07, 6.45) is 6.46. The van der Waals surface area contributed by atoms with Crippen molar-refractivity contribution in [1.82, 2.24) is 5.32 Å². The van der Waals surface area contributed by atoms with Gasteiger partial charge in [0.25, 0.3) is 0 Å². The van der Waals surface area contributed by atoms with Crippen molar-refractivity contribution < 1.29 is 4.39 Å². The van der Waals surface area contributed by atoms with Crippen molar-refractivity contribution in [3.8, 4) is 0 Å². The summed E-state index contributed by atoms with van der Waals surface area (Å²) >= 11 is 6.08. The van der Waals surface area contributed by atoms with Crippen molar-refractivity contribution in [2.24, 2.45) is 5.92 Å². The van der Waals surface area contributed by atoms with E-state index < -0.39 is 0 Å². The third-order valence-electron chi connectivity index (χ3n) is 3.92. The van der Waals surface area contributed by atoms with Crippen LogP contribution in [0, 0.1) is 11.7 Å². The zero-order valence-corrected chi connectivity index (χ0v) is 11.6. The van der Waals surface area contributed by atoms with Crippen LogP contribution in [-0.4, -0.2) is 6.04 Å². The van der Waals surface area contributed by atoms with Crippen molar-refractivity contribution in [2.45, 2.75) is 51.6 Å². The molecule has 2 unspecified atom stereocenters. The van der Waals surface area contributed by atoms with Gasteiger partial charge >= 0.3 is 0 Å². The molecular weight excluding hydrogens is 249 g/mol. The Morgan fingerprint density at radius 2 is 2.06 bits per heavy atom. The maximum absolute atomic E-state index is 13.2. The highest BCUT2D eigenvalue weighted by atomic mass is 35.5. The van der Waals surface area contributed by atoms with Crippen LogP contribution in [0.25, 0.3) is 0 Å². The lowest BCUT2D eigenvalue weighted by Crippen LogP contribution is -2.33. The van der Waals surface area contributed by atoms with E-state index in [-0.39, 0.29) is 5.82 Å². The molecule has 1 aliphatic carbocycles. The summed E-state index contributed by atoms with van der Waals surface area (Å²) in [5.41, 5.74) is 0.855. The lowest BCUT2D eigenvalue weighted by atomic mass is 9.97. The topological polar surface area (TPSA) is 12.0 Å². The zero-order chi connectivity index (χ0) is 13.0. The molecule has 1 aromatic carbocycles. The molecule has 0 aliphatic heterocycles. The first kappa shape index (κ1) is 13.8. The van der Waals surface area contributed by atoms with Gasteiger partial charge in [-0.1, -0.05) is 37.8 Å². The van der Waals surface area contributed by atoms with Crippen LogP contribution in [0.5, 0.6) is 0 Å². The first-order chi connectivity index (χ1) is 8.66. The number of halogens is 2. The number of benzene rings is 1. The van der Waals surface area contributed by atoms with E-state index in [4.69, 9.17) is 11.6 Å². The maximum Gasteiger partial charge on any atom is 0.123 e. The molecule has 0 amide bonds. The second-order valence-electron chi connectivity index (χ2n) is 5.34. The van der Waals surface area contributed by atoms with Gasteiger partial charge in [0.05, 0.1) is 0 Å². The SMILES string of the molecule is CC1CCCCCC1NCc1cc(F)ccc1Cl. The number of hydrogen-bond acceptors (Lipinski definition) is 1. The Hall–Kier alpha value is -0.600. The molecule has 1 N–H and O–H groups in total. The molecule has 2 rings (SSSR count). The van der Waals surface area contributed by atoms with Crippen molar-refractivity contribution in [3.63, 3.8) is 0 Å². The fraction of sp³-hybridized carbons (Fsp3) is 0.600. The maximum atomic E-state index is 13.2. The van der Waals surface area contributed by atoms with Gasteiger partial charge in [0.2, 0.25) is 0 Å². The van der Waals surface area contributed by atoms with Gasteiger partial charge in [-0.25, -0.2) is 4.39 Å². The Morgan fingerprint density at radius 3 is 2.89 bits per heavy atom. The van der Waals surface area contributed by atoms with E-state index >= 15 is 0 Å². The minimum Gasteiger partial charge on any atom is -0.310 e. The molecule has 1 nitrogen and oxygen atoms in total. The highest BCUT2D eigenvalue weighted by Crippen LogP contribution is 2.24. The summed E-state index contributed by atoms with van der Waals surface area (Å²) in [4.78, 5) is 0. The molecule has 18 heavy (non-hydrogen) atoms. The molecule has 0 spiro atoms. The summed E-state index contributed by atoms with van der Waals surface area (Å²) in [5, 5.41) is 4.19. The van der Waals surface area contributed by atoms with E-state index in [2.05, 4.69) is 12.2 Å². The van der Waals surface area contributed by atoms with Crippen LogP contribution in [0.15, 0.2) is 18.2 Å². The highest BCUT2D eigenvalue weighted by molar-refractivity contribution is 6.31. The summed E-state index contributed by atoms with van der Waals surface area (Å²) in [6.45, 7) is 2.96. The van der Waals surface area contributed by atoms with Crippen LogP contribution in [-0.2, 0) is 6.54 Å². The minimum atomic E-state index is -0.217. The molecule has 0 radical (unpaired) electrons. The summed E-state index contributed by atoms with van der Waals surface area (Å²) in [7, 11) is 0. The normalized spacial score (nSPS) is 24.8. The largest absolute Gasteiger partial charge is 0.310 e. The van der Waals surface area contributed by atoms with E-state index in [0.29, 0.717) is 23.5 Å². The minimum absolute atomic E-state index is 0.217. The molecule has 0 saturated heterocycles. The molecule has 0 aromatic heterocycles. The van der Waals surface area contributed by atoms with E-state index in [0.717, 1.165) is 5.56 Å². The predicted molar refractivity (Wildman–Crippen MR) is 74.3 cm³/mol. The molecule has 1 saturated carbocycles. The Bertz CT molecular complexity index is 394. The molecule has 0 heterocycles. The first-order valence-corrected chi connectivity index (χ1v) is 7.22. The predicted octanol–water partition coefficient (Wildman–Crippen LogP) is 4.54. The van der Waals surface area contributed by atoms with Gasteiger partial charge in [-0.3, -0.25) is 0 Å². The van der Waals surface area contributed by atoms with Crippen molar-refractivity contribution in [3.05, 3.63) is 34.6 Å². The monoisotopic (exact) mass is 269 g/mol. The van der Waals surface area contributed by atoms with Crippen LogP contribution in [0.1, 0.15) is 44.6 Å². The van der Waals surface area contributed by atoms with Crippen LogP contribution < -0.4 is 5.32 Å². The quantitative estimate of drug-likeness (QED) is 0.795. The van der Waals surface area contributed by atoms with Crippen molar-refractivity contribution >= 4 is 11.6 Å². The lowest BCUT2D eigenvalue weighted by molar-refractivity contribution is 0.356. The van der Waals surface area contributed by atoms with Gasteiger partial charge in [0.15, 0.2) is 0 Å². The third-order valence-corrected chi connectivity index (χ3v) is 4.29. The highest BCUT2D eigenvalue weighted by Gasteiger charge is 2.19. The van der Waals surface area contributed by atoms with Gasteiger partial charge < -0.3 is 5.32 Å². The number of rotatable bonds is 3. The molecule has 0 bridgehead atoms. The summed E-state index contributed by atoms with van der Waals surface area (Å²) in [5.74, 6) is 0.477. The first-order valence-electron chi connectivity index (χ1n) is 6.84. The standard InChI is InChI=1S/C15H21ClFN/c1-11-5-3-2-4-6-15(11)18-10-12-9-13(17)7-8-14(12)16/h7-9,11,15,18H,2-6,10H2,1H3. The van der Waals surface area contributed by atoms with Gasteiger partial charge in [0, 0.05) is 17.6 Å². The molecule has 1 aromatic rings. The molecule has 100 valence electrons. The third kappa shape index (κ3) is 3.69. The van der Waals surface area contributed by atoms with E-state index in [1.165, 1.54) is 44.2 Å². The zero-order valence-electron chi connectivity index (χ0n) is 10.9. The fourth-order valence-electron chi connectivity index (χ4n) is 2.72. The lowest BCUT2D eigenvalue weighted by Gasteiger charge is -2.23. The van der Waals surface area contributed by atoms with E-state index in [9.17, 15) is 4.39 Å². The fourth-order valence-corrected chi connectivity index (χ4v) is 2.90. The summed E-state index contributed by atoms with van der Waals surface area (Å²) < 4.78 is 13.2. The Balaban J connectivity index is 1.95. The van der Waals surface area contributed by atoms with Gasteiger partial charge in [0.1, 0.15) is 5.82 Å². The van der Waals surface area contributed by atoms with Crippen LogP contribution in [0.3, 0.4) is 0 Å². The van der Waals surface area contributed by atoms with Gasteiger partial charge in [-0.05, 0) is 42.5 Å². The van der Waals surface area contributed by atoms with Crippen LogP contribution in [0.4, 0.5) is 4.39 Å². The molecule has 1 aliphatic rings. The summed E-state index contributed by atoms with van der Waals surface area (Å²) in [6, 6.07) is 5.09. The molecular formula is C15H21ClFN. The number of nitrogens with one attached hydrogen (secondary N) is 1. The van der Waals surface area contributed by atoms with E-state index in [1.807, 2.05) is 0 Å². The molecule has 2 atom stereocenters. The smallest absolute Gasteiger partial charge is 0.123 e. The van der Waals surface area contributed by atoms with Crippen molar-refractivity contribution in [2.75, 3.05) is 0 Å². The van der Waals surface area contributed by atoms with Gasteiger partial charge in [-0.2, -0.15) is 0 Å². The molecule has 3 heteroatoms. The number of hydrogen-bond donors (Lipinski definition) is 1. The van der Waals surface area contributed by atoms with Gasteiger partial charge in [-0.15, -0.1) is 0 Å². The average Bonchev–Trinajstić information content (AvgIpc) is 2.55. The van der Waals surface area contributed by atoms with Crippen LogP contribution >= 0.6 is 11.6 Å². The van der Waals surface area contributed by atoms with E-state index in [1.54, 1.807) is 6.07 Å². The Morgan fingerprint density at radius 1 is 1.28 bits per heavy atom. The second-order valence-corrected chi connectivity index (χ2v) is 5.75. The average molecular weight is 270 g/mol. The Kier molecular flexibility index (Phi) is 5.02.